The number of benzene rings is 2. The van der Waals surface area contributed by atoms with Crippen LogP contribution in [0.1, 0.15) is 30.4 Å². The van der Waals surface area contributed by atoms with Crippen molar-refractivity contribution in [3.8, 4) is 11.5 Å². The molecule has 2 aromatic carbocycles. The van der Waals surface area contributed by atoms with Crippen LogP contribution in [-0.4, -0.2) is 61.0 Å². The molecule has 190 valence electrons. The number of nitrogens with zero attached hydrogens (tertiary/aromatic N) is 1. The van der Waals surface area contributed by atoms with E-state index >= 15 is 0 Å². The Kier molecular flexibility index (Phi) is 8.05. The Morgan fingerprint density at radius 2 is 1.92 bits per heavy atom. The number of carbonyl (C=O) groups excluding carboxylic acids is 2. The highest BCUT2D eigenvalue weighted by molar-refractivity contribution is 6.32. The van der Waals surface area contributed by atoms with Gasteiger partial charge in [-0.15, -0.1) is 0 Å². The van der Waals surface area contributed by atoms with Crippen molar-refractivity contribution in [1.29, 1.82) is 0 Å². The van der Waals surface area contributed by atoms with Crippen LogP contribution in [0.3, 0.4) is 0 Å². The van der Waals surface area contributed by atoms with Crippen LogP contribution in [0.25, 0.3) is 21.8 Å². The third-order valence-electron chi connectivity index (χ3n) is 6.67. The van der Waals surface area contributed by atoms with Crippen molar-refractivity contribution in [3.63, 3.8) is 0 Å². The summed E-state index contributed by atoms with van der Waals surface area (Å²) in [5.41, 5.74) is 4.14. The minimum Gasteiger partial charge on any atom is -0.497 e. The lowest BCUT2D eigenvalue weighted by atomic mass is 9.95. The largest absolute Gasteiger partial charge is 0.497 e. The van der Waals surface area contributed by atoms with Crippen molar-refractivity contribution < 1.29 is 19.1 Å². The van der Waals surface area contributed by atoms with E-state index in [0.717, 1.165) is 45.1 Å². The number of fused-ring (bicyclic) bond motifs is 2. The molecule has 0 aliphatic heterocycles. The molecule has 0 saturated carbocycles. The van der Waals surface area contributed by atoms with Gasteiger partial charge in [-0.1, -0.05) is 18.5 Å². The van der Waals surface area contributed by atoms with Crippen LogP contribution in [0.5, 0.6) is 11.5 Å². The Morgan fingerprint density at radius 3 is 2.64 bits per heavy atom. The van der Waals surface area contributed by atoms with Crippen LogP contribution >= 0.6 is 11.6 Å². The minimum absolute atomic E-state index is 0.0427. The first-order valence-electron chi connectivity index (χ1n) is 11.9. The lowest BCUT2D eigenvalue weighted by Gasteiger charge is -2.27. The maximum Gasteiger partial charge on any atom is 0.241 e. The summed E-state index contributed by atoms with van der Waals surface area (Å²) in [4.78, 5) is 32.4. The molecule has 4 rings (SSSR count). The summed E-state index contributed by atoms with van der Waals surface area (Å²) in [6.07, 6.45) is 5.99. The molecule has 0 radical (unpaired) electrons. The number of hydrogen-bond donors (Lipinski definition) is 3. The topological polar surface area (TPSA) is 99.5 Å². The number of carbonyl (C=O) groups is 2. The summed E-state index contributed by atoms with van der Waals surface area (Å²) in [5.74, 6) is 1.37. The summed E-state index contributed by atoms with van der Waals surface area (Å²) in [6, 6.07) is 9.70. The summed E-state index contributed by atoms with van der Waals surface area (Å²) >= 11 is 6.27. The predicted molar refractivity (Wildman–Crippen MR) is 142 cm³/mol. The minimum atomic E-state index is -0.126. The number of amides is 2. The SMILES string of the molecule is CCC(CN(CCc1c[nH]c2cc(Cl)c(OC)cc12)C(=O)CNC=O)c1c[nH]c2ccc(OC)cc12. The fraction of sp³-hybridized carbons (Fsp3) is 0.333. The number of H-pyrrole nitrogens is 2. The summed E-state index contributed by atoms with van der Waals surface area (Å²) in [5, 5.41) is 5.14. The maximum atomic E-state index is 13.1. The predicted octanol–water partition coefficient (Wildman–Crippen LogP) is 4.63. The van der Waals surface area contributed by atoms with Gasteiger partial charge in [-0.3, -0.25) is 9.59 Å². The Balaban J connectivity index is 1.59. The summed E-state index contributed by atoms with van der Waals surface area (Å²) < 4.78 is 10.8. The second-order valence-corrected chi connectivity index (χ2v) is 9.10. The fourth-order valence-corrected chi connectivity index (χ4v) is 4.90. The molecule has 3 N–H and O–H groups in total. The van der Waals surface area contributed by atoms with Crippen LogP contribution in [0, 0.1) is 0 Å². The van der Waals surface area contributed by atoms with Crippen LogP contribution in [0.15, 0.2) is 42.7 Å². The summed E-state index contributed by atoms with van der Waals surface area (Å²) in [7, 11) is 3.24. The molecule has 0 aliphatic rings. The third kappa shape index (κ3) is 5.28. The molecule has 1 unspecified atom stereocenters. The van der Waals surface area contributed by atoms with Gasteiger partial charge in [0.05, 0.1) is 25.8 Å². The molecule has 36 heavy (non-hydrogen) atoms. The van der Waals surface area contributed by atoms with Gasteiger partial charge in [0.1, 0.15) is 11.5 Å². The first-order chi connectivity index (χ1) is 17.5. The molecule has 0 fully saturated rings. The standard InChI is InChI=1S/C27H31ClN4O4/c1-4-17(22-13-31-24-6-5-19(35-2)9-21(22)24)15-32(27(34)14-29-16-33)8-7-18-12-30-25-11-23(28)26(36-3)10-20(18)25/h5-6,9-13,16-17,30-31H,4,7-8,14-15H2,1-3H3,(H,29,33). The van der Waals surface area contributed by atoms with Crippen molar-refractivity contribution in [2.45, 2.75) is 25.7 Å². The van der Waals surface area contributed by atoms with Crippen LogP contribution in [-0.2, 0) is 16.0 Å². The van der Waals surface area contributed by atoms with Crippen molar-refractivity contribution in [2.24, 2.45) is 0 Å². The molecule has 8 nitrogen and oxygen atoms in total. The molecule has 2 aromatic heterocycles. The van der Waals surface area contributed by atoms with Crippen LogP contribution < -0.4 is 14.8 Å². The van der Waals surface area contributed by atoms with E-state index in [0.29, 0.717) is 36.7 Å². The first-order valence-corrected chi connectivity index (χ1v) is 12.3. The number of aromatic amines is 2. The highest BCUT2D eigenvalue weighted by Crippen LogP contribution is 2.33. The van der Waals surface area contributed by atoms with E-state index in [9.17, 15) is 9.59 Å². The van der Waals surface area contributed by atoms with Gasteiger partial charge < -0.3 is 29.7 Å². The van der Waals surface area contributed by atoms with Gasteiger partial charge >= 0.3 is 0 Å². The van der Waals surface area contributed by atoms with Crippen molar-refractivity contribution in [2.75, 3.05) is 33.9 Å². The third-order valence-corrected chi connectivity index (χ3v) is 6.97. The van der Waals surface area contributed by atoms with Crippen molar-refractivity contribution >= 4 is 45.7 Å². The quantitative estimate of drug-likeness (QED) is 0.242. The second kappa shape index (κ2) is 11.4. The smallest absolute Gasteiger partial charge is 0.241 e. The number of nitrogens with one attached hydrogen (secondary N) is 3. The highest BCUT2D eigenvalue weighted by atomic mass is 35.5. The normalized spacial score (nSPS) is 12.0. The van der Waals surface area contributed by atoms with Gasteiger partial charge in [-0.2, -0.15) is 0 Å². The number of rotatable bonds is 12. The highest BCUT2D eigenvalue weighted by Gasteiger charge is 2.22. The number of methoxy groups -OCH3 is 2. The van der Waals surface area contributed by atoms with Crippen LogP contribution in [0.4, 0.5) is 0 Å². The molecule has 1 atom stereocenters. The van der Waals surface area contributed by atoms with E-state index in [1.54, 1.807) is 14.2 Å². The second-order valence-electron chi connectivity index (χ2n) is 8.70. The maximum absolute atomic E-state index is 13.1. The monoisotopic (exact) mass is 510 g/mol. The zero-order valence-electron chi connectivity index (χ0n) is 20.7. The molecule has 0 saturated heterocycles. The fourth-order valence-electron chi connectivity index (χ4n) is 4.66. The molecule has 9 heteroatoms. The van der Waals surface area contributed by atoms with Crippen molar-refractivity contribution in [3.05, 3.63) is 58.9 Å². The molecule has 2 heterocycles. The van der Waals surface area contributed by atoms with E-state index in [-0.39, 0.29) is 18.4 Å². The van der Waals surface area contributed by atoms with Gasteiger partial charge in [-0.05, 0) is 54.3 Å². The number of hydrogen-bond acceptors (Lipinski definition) is 4. The number of halogens is 1. The molecule has 0 aliphatic carbocycles. The van der Waals surface area contributed by atoms with E-state index in [1.807, 2.05) is 47.6 Å². The van der Waals surface area contributed by atoms with Gasteiger partial charge in [0.15, 0.2) is 0 Å². The van der Waals surface area contributed by atoms with Gasteiger partial charge in [0, 0.05) is 53.2 Å². The lowest BCUT2D eigenvalue weighted by Crippen LogP contribution is -2.41. The van der Waals surface area contributed by atoms with E-state index < -0.39 is 0 Å². The van der Waals surface area contributed by atoms with E-state index in [4.69, 9.17) is 21.1 Å². The van der Waals surface area contributed by atoms with Crippen molar-refractivity contribution in [1.82, 2.24) is 20.2 Å². The Morgan fingerprint density at radius 1 is 1.11 bits per heavy atom. The molecule has 4 aromatic rings. The van der Waals surface area contributed by atoms with Gasteiger partial charge in [0.25, 0.3) is 0 Å². The number of ether oxygens (including phenoxy) is 2. The summed E-state index contributed by atoms with van der Waals surface area (Å²) in [6.45, 7) is 3.10. The first kappa shape index (κ1) is 25.4. The number of aromatic nitrogens is 2. The van der Waals surface area contributed by atoms with E-state index in [1.165, 1.54) is 0 Å². The van der Waals surface area contributed by atoms with E-state index in [2.05, 4.69) is 22.2 Å². The van der Waals surface area contributed by atoms with Gasteiger partial charge in [0.2, 0.25) is 12.3 Å². The molecule has 2 amide bonds. The molecule has 0 spiro atoms. The molecule has 0 bridgehead atoms. The Hall–Kier alpha value is -3.65. The average molecular weight is 511 g/mol. The van der Waals surface area contributed by atoms with Gasteiger partial charge in [-0.25, -0.2) is 0 Å². The zero-order chi connectivity index (χ0) is 25.7. The average Bonchev–Trinajstić information content (AvgIpc) is 3.50. The molecular formula is C27H31ClN4O4. The molecular weight excluding hydrogens is 480 g/mol. The zero-order valence-corrected chi connectivity index (χ0v) is 21.4. The Labute approximate surface area is 214 Å². The lowest BCUT2D eigenvalue weighted by molar-refractivity contribution is -0.131. The Bertz CT molecular complexity index is 1360. The van der Waals surface area contributed by atoms with Crippen LogP contribution in [0.2, 0.25) is 5.02 Å².